The number of nitrogens with zero attached hydrogens (tertiary/aromatic N) is 4. The zero-order chi connectivity index (χ0) is 18.7. The smallest absolute Gasteiger partial charge is 0.162 e. The molecule has 5 nitrogen and oxygen atoms in total. The molecule has 6 heteroatoms. The first-order valence-electron chi connectivity index (χ1n) is 9.14. The maximum absolute atomic E-state index is 14.3. The van der Waals surface area contributed by atoms with Gasteiger partial charge >= 0.3 is 0 Å². The monoisotopic (exact) mass is 362 g/mol. The summed E-state index contributed by atoms with van der Waals surface area (Å²) >= 11 is 0. The van der Waals surface area contributed by atoms with Crippen molar-refractivity contribution in [1.82, 2.24) is 19.1 Å². The Bertz CT molecular complexity index is 1220. The lowest BCUT2D eigenvalue weighted by Gasteiger charge is -2.09. The topological polar surface area (TPSA) is 52.7 Å². The molecule has 0 amide bonds. The summed E-state index contributed by atoms with van der Waals surface area (Å²) in [5.41, 5.74) is 3.28. The summed E-state index contributed by atoms with van der Waals surface area (Å²) in [5, 5.41) is 1.07. The fourth-order valence-corrected chi connectivity index (χ4v) is 3.73. The van der Waals surface area contributed by atoms with Gasteiger partial charge < -0.3 is 9.13 Å². The molecular weight excluding hydrogens is 343 g/mol. The zero-order valence-electron chi connectivity index (χ0n) is 15.2. The Kier molecular flexibility index (Phi) is 3.44. The second-order valence-corrected chi connectivity index (χ2v) is 7.37. The zero-order valence-corrected chi connectivity index (χ0v) is 15.2. The number of hydrogen-bond acceptors (Lipinski definition) is 3. The number of aromatic nitrogens is 4. The summed E-state index contributed by atoms with van der Waals surface area (Å²) in [4.78, 5) is 21.0. The number of benzene rings is 1. The highest BCUT2D eigenvalue weighted by atomic mass is 19.1. The van der Waals surface area contributed by atoms with Gasteiger partial charge in [-0.05, 0) is 49.9 Å². The first-order valence-corrected chi connectivity index (χ1v) is 9.14. The van der Waals surface area contributed by atoms with Crippen molar-refractivity contribution in [2.75, 3.05) is 0 Å². The summed E-state index contributed by atoms with van der Waals surface area (Å²) < 4.78 is 18.4. The fraction of sp³-hybridized carbons (Fsp3) is 0.286. The van der Waals surface area contributed by atoms with Gasteiger partial charge in [0, 0.05) is 31.2 Å². The minimum Gasteiger partial charge on any atom is -0.326 e. The number of hydrogen-bond donors (Lipinski definition) is 0. The van der Waals surface area contributed by atoms with Crippen LogP contribution in [0.4, 0.5) is 4.39 Å². The van der Waals surface area contributed by atoms with Crippen molar-refractivity contribution >= 4 is 27.9 Å². The molecule has 1 saturated carbocycles. The summed E-state index contributed by atoms with van der Waals surface area (Å²) in [6.45, 7) is 2.28. The molecule has 27 heavy (non-hydrogen) atoms. The molecule has 4 aromatic rings. The Morgan fingerprint density at radius 3 is 2.85 bits per heavy atom. The summed E-state index contributed by atoms with van der Waals surface area (Å²) in [7, 11) is 1.88. The van der Waals surface area contributed by atoms with E-state index in [1.54, 1.807) is 12.3 Å². The van der Waals surface area contributed by atoms with Gasteiger partial charge in [0.2, 0.25) is 0 Å². The molecule has 1 aromatic carbocycles. The molecule has 0 bridgehead atoms. The van der Waals surface area contributed by atoms with Crippen LogP contribution in [0, 0.1) is 11.7 Å². The molecule has 1 aliphatic carbocycles. The number of carbonyl (C=O) groups excluding carboxylic acids is 1. The quantitative estimate of drug-likeness (QED) is 0.508. The molecule has 0 spiro atoms. The van der Waals surface area contributed by atoms with Gasteiger partial charge in [-0.15, -0.1) is 0 Å². The summed E-state index contributed by atoms with van der Waals surface area (Å²) in [6, 6.07) is 9.01. The van der Waals surface area contributed by atoms with E-state index in [9.17, 15) is 9.18 Å². The third-order valence-corrected chi connectivity index (χ3v) is 5.37. The lowest BCUT2D eigenvalue weighted by atomic mass is 10.1. The Labute approximate surface area is 155 Å². The lowest BCUT2D eigenvalue weighted by molar-refractivity contribution is 0.101. The molecule has 3 heterocycles. The van der Waals surface area contributed by atoms with E-state index in [1.165, 1.54) is 25.8 Å². The van der Waals surface area contributed by atoms with E-state index < -0.39 is 5.82 Å². The second kappa shape index (κ2) is 5.74. The Morgan fingerprint density at radius 1 is 1.30 bits per heavy atom. The van der Waals surface area contributed by atoms with Crippen molar-refractivity contribution in [2.45, 2.75) is 26.3 Å². The van der Waals surface area contributed by atoms with E-state index >= 15 is 0 Å². The molecule has 5 rings (SSSR count). The van der Waals surface area contributed by atoms with Crippen LogP contribution in [-0.4, -0.2) is 24.9 Å². The molecule has 0 unspecified atom stereocenters. The number of imidazole rings is 1. The van der Waals surface area contributed by atoms with Gasteiger partial charge in [-0.25, -0.2) is 14.4 Å². The van der Waals surface area contributed by atoms with Gasteiger partial charge in [0.15, 0.2) is 11.6 Å². The predicted octanol–water partition coefficient (Wildman–Crippen LogP) is 4.34. The van der Waals surface area contributed by atoms with E-state index in [4.69, 9.17) is 4.98 Å². The van der Waals surface area contributed by atoms with Gasteiger partial charge in [0.1, 0.15) is 11.5 Å². The summed E-state index contributed by atoms with van der Waals surface area (Å²) in [5.74, 6) is 0.625. The SMILES string of the molecule is CC(=O)c1cc2nc(-c3cc4cccnc4n3CC3CC3)n(C)c2cc1F. The standard InChI is InChI=1S/C21H19FN4O/c1-12(27)15-9-17-18(10-16(15)22)25(2)21(24-17)19-8-14-4-3-7-23-20(14)26(19)11-13-5-6-13/h3-4,7-10,13H,5-6,11H2,1-2H3. The van der Waals surface area contributed by atoms with Crippen LogP contribution in [0.3, 0.4) is 0 Å². The van der Waals surface area contributed by atoms with Crippen molar-refractivity contribution in [3.63, 3.8) is 0 Å². The molecular formula is C21H19FN4O. The molecule has 0 saturated heterocycles. The first-order chi connectivity index (χ1) is 13.0. The largest absolute Gasteiger partial charge is 0.326 e. The van der Waals surface area contributed by atoms with Crippen LogP contribution in [0.2, 0.25) is 0 Å². The highest BCUT2D eigenvalue weighted by Gasteiger charge is 2.26. The fourth-order valence-electron chi connectivity index (χ4n) is 3.73. The van der Waals surface area contributed by atoms with Crippen molar-refractivity contribution in [3.8, 4) is 11.5 Å². The highest BCUT2D eigenvalue weighted by Crippen LogP contribution is 2.36. The second-order valence-electron chi connectivity index (χ2n) is 7.37. The summed E-state index contributed by atoms with van der Waals surface area (Å²) in [6.07, 6.45) is 4.28. The number of aryl methyl sites for hydroxylation is 1. The molecule has 0 atom stereocenters. The van der Waals surface area contributed by atoms with Crippen molar-refractivity contribution in [1.29, 1.82) is 0 Å². The van der Waals surface area contributed by atoms with Crippen LogP contribution in [0.1, 0.15) is 30.1 Å². The average molecular weight is 362 g/mol. The third kappa shape index (κ3) is 2.55. The molecule has 1 fully saturated rings. The van der Waals surface area contributed by atoms with Crippen LogP contribution < -0.4 is 0 Å². The third-order valence-electron chi connectivity index (χ3n) is 5.37. The van der Waals surface area contributed by atoms with Gasteiger partial charge in [-0.1, -0.05) is 0 Å². The number of pyridine rings is 1. The molecule has 0 aliphatic heterocycles. The molecule has 136 valence electrons. The van der Waals surface area contributed by atoms with Crippen molar-refractivity contribution in [3.05, 3.63) is 47.9 Å². The minimum absolute atomic E-state index is 0.0762. The Hall–Kier alpha value is -3.02. The van der Waals surface area contributed by atoms with E-state index in [-0.39, 0.29) is 11.3 Å². The maximum Gasteiger partial charge on any atom is 0.162 e. The molecule has 3 aromatic heterocycles. The average Bonchev–Trinajstić information content (AvgIpc) is 3.32. The van der Waals surface area contributed by atoms with Crippen LogP contribution in [0.5, 0.6) is 0 Å². The van der Waals surface area contributed by atoms with Crippen LogP contribution >= 0.6 is 0 Å². The Morgan fingerprint density at radius 2 is 2.11 bits per heavy atom. The van der Waals surface area contributed by atoms with E-state index in [1.807, 2.05) is 23.7 Å². The minimum atomic E-state index is -0.509. The van der Waals surface area contributed by atoms with Crippen LogP contribution in [0.15, 0.2) is 36.5 Å². The van der Waals surface area contributed by atoms with Gasteiger partial charge in [0.25, 0.3) is 0 Å². The number of ketones is 1. The maximum atomic E-state index is 14.3. The van der Waals surface area contributed by atoms with Crippen molar-refractivity contribution in [2.24, 2.45) is 13.0 Å². The van der Waals surface area contributed by atoms with Gasteiger partial charge in [-0.3, -0.25) is 4.79 Å². The van der Waals surface area contributed by atoms with Gasteiger partial charge in [-0.2, -0.15) is 0 Å². The van der Waals surface area contributed by atoms with Gasteiger partial charge in [0.05, 0.1) is 22.3 Å². The van der Waals surface area contributed by atoms with Crippen LogP contribution in [0.25, 0.3) is 33.6 Å². The highest BCUT2D eigenvalue weighted by molar-refractivity contribution is 5.98. The first kappa shape index (κ1) is 16.2. The Balaban J connectivity index is 1.75. The van der Waals surface area contributed by atoms with Crippen molar-refractivity contribution < 1.29 is 9.18 Å². The number of Topliss-reactive ketones (excluding diaryl/α,β-unsaturated/α-hetero) is 1. The predicted molar refractivity (Wildman–Crippen MR) is 102 cm³/mol. The number of carbonyl (C=O) groups is 1. The van der Waals surface area contributed by atoms with Crippen LogP contribution in [-0.2, 0) is 13.6 Å². The van der Waals surface area contributed by atoms with E-state index in [2.05, 4.69) is 15.6 Å². The lowest BCUT2D eigenvalue weighted by Crippen LogP contribution is -2.05. The number of rotatable bonds is 4. The molecule has 0 radical (unpaired) electrons. The molecule has 0 N–H and O–H groups in total. The van der Waals surface area contributed by atoms with E-state index in [0.29, 0.717) is 17.0 Å². The normalized spacial score (nSPS) is 14.3. The van der Waals surface area contributed by atoms with E-state index in [0.717, 1.165) is 29.1 Å². The number of halogens is 1. The number of fused-ring (bicyclic) bond motifs is 2. The molecule has 1 aliphatic rings.